The van der Waals surface area contributed by atoms with Gasteiger partial charge in [-0.25, -0.2) is 4.79 Å². The molecule has 1 atom stereocenters. The van der Waals surface area contributed by atoms with Crippen molar-refractivity contribution in [3.8, 4) is 0 Å². The van der Waals surface area contributed by atoms with E-state index in [1.165, 1.54) is 0 Å². The summed E-state index contributed by atoms with van der Waals surface area (Å²) in [5.41, 5.74) is 4.77. The highest BCUT2D eigenvalue weighted by molar-refractivity contribution is 6.20. The Morgan fingerprint density at radius 3 is 2.30 bits per heavy atom. The first kappa shape index (κ1) is 27.4. The first-order valence-electron chi connectivity index (χ1n) is 13.7. The molecule has 2 heterocycles. The first-order chi connectivity index (χ1) is 19.3. The molecule has 0 unspecified atom stereocenters. The standard InChI is InChI=1S/C32H36N4O4/c1-32(2,3)40-31(38)36-18-16-35(17-19-36)25-14-15-26-27(20-25)34-30(37)28(22-39-21-23-10-6-4-7-11-23)33-29(26)24-12-8-5-9-13-24/h4-15,20,28H,16-19,21-22H2,1-3H3,(H,34,37)/t28-/m0/s1. The van der Waals surface area contributed by atoms with Gasteiger partial charge in [-0.2, -0.15) is 0 Å². The first-order valence-corrected chi connectivity index (χ1v) is 13.7. The number of anilines is 2. The molecule has 3 aromatic carbocycles. The minimum Gasteiger partial charge on any atom is -0.444 e. The maximum Gasteiger partial charge on any atom is 0.410 e. The van der Waals surface area contributed by atoms with E-state index in [-0.39, 0.29) is 18.6 Å². The summed E-state index contributed by atoms with van der Waals surface area (Å²) in [5, 5.41) is 3.11. The number of hydrogen-bond donors (Lipinski definition) is 1. The van der Waals surface area contributed by atoms with Crippen LogP contribution in [0.4, 0.5) is 16.2 Å². The molecule has 1 fully saturated rings. The number of ether oxygens (including phenoxy) is 2. The zero-order valence-corrected chi connectivity index (χ0v) is 23.3. The van der Waals surface area contributed by atoms with Gasteiger partial charge in [-0.1, -0.05) is 60.7 Å². The SMILES string of the molecule is CC(C)(C)OC(=O)N1CCN(c2ccc3c(c2)NC(=O)[C@H](COCc2ccccc2)N=C3c2ccccc2)CC1. The summed E-state index contributed by atoms with van der Waals surface area (Å²) >= 11 is 0. The maximum absolute atomic E-state index is 13.3. The highest BCUT2D eigenvalue weighted by Crippen LogP contribution is 2.30. The summed E-state index contributed by atoms with van der Waals surface area (Å²) in [5.74, 6) is -0.202. The number of piperazine rings is 1. The average molecular weight is 541 g/mol. The van der Waals surface area contributed by atoms with E-state index in [0.29, 0.717) is 38.5 Å². The van der Waals surface area contributed by atoms with Crippen molar-refractivity contribution in [3.05, 3.63) is 95.6 Å². The molecule has 3 aromatic rings. The second kappa shape index (κ2) is 11.9. The molecular weight excluding hydrogens is 504 g/mol. The van der Waals surface area contributed by atoms with E-state index in [4.69, 9.17) is 14.5 Å². The quantitative estimate of drug-likeness (QED) is 0.469. The third-order valence-corrected chi connectivity index (χ3v) is 6.83. The fourth-order valence-corrected chi connectivity index (χ4v) is 4.81. The summed E-state index contributed by atoms with van der Waals surface area (Å²) < 4.78 is 11.5. The molecule has 0 spiro atoms. The monoisotopic (exact) mass is 540 g/mol. The molecule has 5 rings (SSSR count). The molecule has 40 heavy (non-hydrogen) atoms. The molecule has 1 N–H and O–H groups in total. The highest BCUT2D eigenvalue weighted by Gasteiger charge is 2.29. The second-order valence-corrected chi connectivity index (χ2v) is 11.0. The number of nitrogens with zero attached hydrogens (tertiary/aromatic N) is 3. The van der Waals surface area contributed by atoms with Crippen molar-refractivity contribution in [3.63, 3.8) is 0 Å². The topological polar surface area (TPSA) is 83.5 Å². The van der Waals surface area contributed by atoms with Crippen LogP contribution in [0.25, 0.3) is 0 Å². The zero-order valence-electron chi connectivity index (χ0n) is 23.3. The van der Waals surface area contributed by atoms with E-state index < -0.39 is 11.6 Å². The molecule has 0 aliphatic carbocycles. The molecule has 2 aliphatic rings. The number of amides is 2. The Bertz CT molecular complexity index is 1360. The van der Waals surface area contributed by atoms with Crippen molar-refractivity contribution < 1.29 is 19.1 Å². The van der Waals surface area contributed by atoms with Crippen LogP contribution in [-0.2, 0) is 20.9 Å². The fourth-order valence-electron chi connectivity index (χ4n) is 4.81. The molecule has 8 nitrogen and oxygen atoms in total. The normalized spacial score (nSPS) is 17.4. The third-order valence-electron chi connectivity index (χ3n) is 6.83. The summed E-state index contributed by atoms with van der Waals surface area (Å²) in [6.45, 7) is 8.67. The molecule has 2 amide bonds. The van der Waals surface area contributed by atoms with Crippen LogP contribution in [0.15, 0.2) is 83.9 Å². The minimum absolute atomic E-state index is 0.171. The van der Waals surface area contributed by atoms with Gasteiger partial charge in [0.2, 0.25) is 0 Å². The Hall–Kier alpha value is -4.17. The van der Waals surface area contributed by atoms with Gasteiger partial charge in [0.05, 0.1) is 24.6 Å². The van der Waals surface area contributed by atoms with Crippen LogP contribution in [0.2, 0.25) is 0 Å². The Kier molecular flexibility index (Phi) is 8.16. The number of benzene rings is 3. The minimum atomic E-state index is -0.688. The van der Waals surface area contributed by atoms with Gasteiger partial charge in [0.15, 0.2) is 6.04 Å². The van der Waals surface area contributed by atoms with Crippen molar-refractivity contribution in [1.82, 2.24) is 4.90 Å². The van der Waals surface area contributed by atoms with Gasteiger partial charge in [0.25, 0.3) is 5.91 Å². The number of carbonyl (C=O) groups is 2. The molecule has 0 radical (unpaired) electrons. The van der Waals surface area contributed by atoms with Gasteiger partial charge >= 0.3 is 6.09 Å². The van der Waals surface area contributed by atoms with Gasteiger partial charge in [0, 0.05) is 43.0 Å². The lowest BCUT2D eigenvalue weighted by Gasteiger charge is -2.37. The Morgan fingerprint density at radius 1 is 0.950 bits per heavy atom. The Balaban J connectivity index is 1.34. The van der Waals surface area contributed by atoms with Gasteiger partial charge in [-0.15, -0.1) is 0 Å². The van der Waals surface area contributed by atoms with Crippen LogP contribution in [-0.4, -0.2) is 67.0 Å². The van der Waals surface area contributed by atoms with E-state index in [2.05, 4.69) is 16.3 Å². The summed E-state index contributed by atoms with van der Waals surface area (Å²) in [7, 11) is 0. The number of rotatable bonds is 6. The Morgan fingerprint density at radius 2 is 1.62 bits per heavy atom. The fraction of sp³-hybridized carbons (Fsp3) is 0.344. The van der Waals surface area contributed by atoms with E-state index >= 15 is 0 Å². The van der Waals surface area contributed by atoms with Crippen molar-refractivity contribution in [1.29, 1.82) is 0 Å². The highest BCUT2D eigenvalue weighted by atomic mass is 16.6. The molecule has 0 bridgehead atoms. The number of aliphatic imine (C=N–C) groups is 1. The van der Waals surface area contributed by atoms with E-state index in [0.717, 1.165) is 28.1 Å². The average Bonchev–Trinajstić information content (AvgIpc) is 3.09. The lowest BCUT2D eigenvalue weighted by atomic mass is 10.00. The number of nitrogens with one attached hydrogen (secondary N) is 1. The lowest BCUT2D eigenvalue weighted by Crippen LogP contribution is -2.50. The summed E-state index contributed by atoms with van der Waals surface area (Å²) in [6, 6.07) is 25.2. The van der Waals surface area contributed by atoms with Gasteiger partial charge < -0.3 is 24.6 Å². The molecule has 1 saturated heterocycles. The van der Waals surface area contributed by atoms with Gasteiger partial charge in [-0.3, -0.25) is 9.79 Å². The molecule has 0 saturated carbocycles. The van der Waals surface area contributed by atoms with Crippen LogP contribution in [0.3, 0.4) is 0 Å². The van der Waals surface area contributed by atoms with Crippen molar-refractivity contribution >= 4 is 29.1 Å². The zero-order chi connectivity index (χ0) is 28.1. The van der Waals surface area contributed by atoms with Gasteiger partial charge in [0.1, 0.15) is 5.60 Å². The predicted octanol–water partition coefficient (Wildman–Crippen LogP) is 5.12. The number of fused-ring (bicyclic) bond motifs is 1. The largest absolute Gasteiger partial charge is 0.444 e. The van der Waals surface area contributed by atoms with Crippen LogP contribution in [0, 0.1) is 0 Å². The molecular formula is C32H36N4O4. The maximum atomic E-state index is 13.3. The van der Waals surface area contributed by atoms with Crippen LogP contribution in [0.1, 0.15) is 37.5 Å². The van der Waals surface area contributed by atoms with Crippen molar-refractivity contribution in [2.75, 3.05) is 43.0 Å². The number of benzodiazepines with no additional fused rings is 1. The van der Waals surface area contributed by atoms with Crippen LogP contribution < -0.4 is 10.2 Å². The third kappa shape index (κ3) is 6.69. The predicted molar refractivity (Wildman–Crippen MR) is 157 cm³/mol. The van der Waals surface area contributed by atoms with Gasteiger partial charge in [-0.05, 0) is 44.5 Å². The van der Waals surface area contributed by atoms with Crippen molar-refractivity contribution in [2.24, 2.45) is 4.99 Å². The smallest absolute Gasteiger partial charge is 0.410 e. The molecule has 2 aliphatic heterocycles. The van der Waals surface area contributed by atoms with E-state index in [1.807, 2.05) is 93.6 Å². The van der Waals surface area contributed by atoms with E-state index in [9.17, 15) is 9.59 Å². The summed E-state index contributed by atoms with van der Waals surface area (Å²) in [4.78, 5) is 34.7. The molecule has 8 heteroatoms. The van der Waals surface area contributed by atoms with Crippen molar-refractivity contribution in [2.45, 2.75) is 39.0 Å². The van der Waals surface area contributed by atoms with Crippen LogP contribution >= 0.6 is 0 Å². The summed E-state index contributed by atoms with van der Waals surface area (Å²) in [6.07, 6.45) is -0.286. The number of carbonyl (C=O) groups excluding carboxylic acids is 2. The van der Waals surface area contributed by atoms with E-state index in [1.54, 1.807) is 4.90 Å². The lowest BCUT2D eigenvalue weighted by molar-refractivity contribution is -0.118. The Labute approximate surface area is 235 Å². The molecule has 208 valence electrons. The van der Waals surface area contributed by atoms with Crippen LogP contribution in [0.5, 0.6) is 0 Å². The molecule has 0 aromatic heterocycles. The second-order valence-electron chi connectivity index (χ2n) is 11.0. The number of hydrogen-bond acceptors (Lipinski definition) is 6.